The average molecular weight is 248 g/mol. The van der Waals surface area contributed by atoms with Gasteiger partial charge in [-0.15, -0.1) is 0 Å². The lowest BCUT2D eigenvalue weighted by Gasteiger charge is -2.23. The smallest absolute Gasteiger partial charge is 0.420 e. The van der Waals surface area contributed by atoms with Crippen LogP contribution < -0.4 is 9.47 Å². The fourth-order valence-corrected chi connectivity index (χ4v) is 1.58. The quantitative estimate of drug-likeness (QED) is 0.827. The largest absolute Gasteiger partial charge is 0.486 e. The van der Waals surface area contributed by atoms with Crippen LogP contribution in [-0.2, 0) is 6.18 Å². The van der Waals surface area contributed by atoms with Gasteiger partial charge in [-0.2, -0.15) is 13.2 Å². The molecule has 0 bridgehead atoms. The van der Waals surface area contributed by atoms with Gasteiger partial charge in [0.05, 0.1) is 5.56 Å². The number of carbonyl (C=O) groups is 1. The monoisotopic (exact) mass is 248 g/mol. The number of halogens is 3. The molecule has 0 aliphatic carbocycles. The van der Waals surface area contributed by atoms with Gasteiger partial charge in [0.2, 0.25) is 0 Å². The second-order valence-electron chi connectivity index (χ2n) is 3.32. The maximum Gasteiger partial charge on any atom is 0.420 e. The Morgan fingerprint density at radius 3 is 2.47 bits per heavy atom. The summed E-state index contributed by atoms with van der Waals surface area (Å²) in [7, 11) is 0. The van der Waals surface area contributed by atoms with Gasteiger partial charge in [-0.1, -0.05) is 0 Å². The summed E-state index contributed by atoms with van der Waals surface area (Å²) in [5.74, 6) is -2.30. The van der Waals surface area contributed by atoms with Crippen LogP contribution in [0, 0.1) is 0 Å². The molecule has 1 aromatic rings. The third-order valence-corrected chi connectivity index (χ3v) is 2.22. The van der Waals surface area contributed by atoms with Crippen molar-refractivity contribution in [3.63, 3.8) is 0 Å². The minimum absolute atomic E-state index is 0.0425. The summed E-state index contributed by atoms with van der Waals surface area (Å²) in [5.41, 5.74) is -2.15. The first-order valence-corrected chi connectivity index (χ1v) is 4.64. The van der Waals surface area contributed by atoms with E-state index in [9.17, 15) is 18.0 Å². The van der Waals surface area contributed by atoms with Crippen LogP contribution in [0.15, 0.2) is 12.1 Å². The fraction of sp³-hybridized carbons (Fsp3) is 0.300. The molecule has 1 N–H and O–H groups in total. The van der Waals surface area contributed by atoms with Crippen molar-refractivity contribution in [3.05, 3.63) is 23.3 Å². The minimum atomic E-state index is -4.81. The molecule has 17 heavy (non-hydrogen) atoms. The molecule has 1 heterocycles. The molecular formula is C10H7F3O4. The predicted molar refractivity (Wildman–Crippen MR) is 49.4 cm³/mol. The van der Waals surface area contributed by atoms with E-state index < -0.39 is 29.0 Å². The molecule has 0 atom stereocenters. The molecule has 0 amide bonds. The topological polar surface area (TPSA) is 55.8 Å². The number of aromatic carboxylic acids is 1. The van der Waals surface area contributed by atoms with Crippen LogP contribution in [0.5, 0.6) is 11.5 Å². The number of ether oxygens (including phenoxy) is 2. The Kier molecular flexibility index (Phi) is 2.60. The number of hydrogen-bond donors (Lipinski definition) is 1. The van der Waals surface area contributed by atoms with Crippen LogP contribution in [0.25, 0.3) is 0 Å². The summed E-state index contributed by atoms with van der Waals surface area (Å²) >= 11 is 0. The highest BCUT2D eigenvalue weighted by atomic mass is 19.4. The summed E-state index contributed by atoms with van der Waals surface area (Å²) in [6.45, 7) is 0.0931. The van der Waals surface area contributed by atoms with Crippen LogP contribution in [0.1, 0.15) is 15.9 Å². The van der Waals surface area contributed by atoms with E-state index in [1.54, 1.807) is 0 Å². The van der Waals surface area contributed by atoms with Gasteiger partial charge in [0, 0.05) is 0 Å². The zero-order valence-electron chi connectivity index (χ0n) is 8.37. The zero-order chi connectivity index (χ0) is 12.6. The fourth-order valence-electron chi connectivity index (χ4n) is 1.58. The third-order valence-electron chi connectivity index (χ3n) is 2.22. The van der Waals surface area contributed by atoms with Crippen molar-refractivity contribution in [1.29, 1.82) is 0 Å². The van der Waals surface area contributed by atoms with E-state index >= 15 is 0 Å². The lowest BCUT2D eigenvalue weighted by molar-refractivity contribution is -0.140. The number of benzene rings is 1. The Morgan fingerprint density at radius 2 is 1.88 bits per heavy atom. The van der Waals surface area contributed by atoms with E-state index in [-0.39, 0.29) is 19.0 Å². The minimum Gasteiger partial charge on any atom is -0.486 e. The van der Waals surface area contributed by atoms with Crippen molar-refractivity contribution < 1.29 is 32.5 Å². The molecule has 0 unspecified atom stereocenters. The number of alkyl halides is 3. The van der Waals surface area contributed by atoms with E-state index in [4.69, 9.17) is 14.6 Å². The van der Waals surface area contributed by atoms with Crippen LogP contribution in [0.4, 0.5) is 13.2 Å². The molecule has 1 aliphatic heterocycles. The Balaban J connectivity index is 2.68. The normalized spacial score (nSPS) is 14.5. The summed E-state index contributed by atoms with van der Waals surface area (Å²) in [6, 6.07) is 2.02. The summed E-state index contributed by atoms with van der Waals surface area (Å²) in [4.78, 5) is 10.8. The Bertz CT molecular complexity index is 467. The molecular weight excluding hydrogens is 241 g/mol. The number of carboxylic acid groups (broad SMARTS) is 1. The lowest BCUT2D eigenvalue weighted by Crippen LogP contribution is -2.21. The van der Waals surface area contributed by atoms with Crippen molar-refractivity contribution in [3.8, 4) is 11.5 Å². The average Bonchev–Trinajstić information content (AvgIpc) is 2.26. The van der Waals surface area contributed by atoms with Crippen molar-refractivity contribution in [1.82, 2.24) is 0 Å². The van der Waals surface area contributed by atoms with Gasteiger partial charge in [-0.25, -0.2) is 4.79 Å². The van der Waals surface area contributed by atoms with Crippen LogP contribution in [0.2, 0.25) is 0 Å². The molecule has 0 saturated heterocycles. The molecule has 0 spiro atoms. The summed E-state index contributed by atoms with van der Waals surface area (Å²) < 4.78 is 48.2. The Labute approximate surface area is 93.6 Å². The van der Waals surface area contributed by atoms with Crippen molar-refractivity contribution in [2.75, 3.05) is 13.2 Å². The second-order valence-corrected chi connectivity index (χ2v) is 3.32. The van der Waals surface area contributed by atoms with Gasteiger partial charge in [-0.3, -0.25) is 0 Å². The van der Waals surface area contributed by atoms with Gasteiger partial charge in [-0.05, 0) is 12.1 Å². The maximum absolute atomic E-state index is 12.8. The zero-order valence-corrected chi connectivity index (χ0v) is 8.37. The van der Waals surface area contributed by atoms with Gasteiger partial charge >= 0.3 is 12.1 Å². The van der Waals surface area contributed by atoms with E-state index in [0.717, 1.165) is 12.1 Å². The number of fused-ring (bicyclic) bond motifs is 1. The lowest BCUT2D eigenvalue weighted by atomic mass is 10.0. The highest BCUT2D eigenvalue weighted by Gasteiger charge is 2.41. The molecule has 7 heteroatoms. The molecule has 0 fully saturated rings. The van der Waals surface area contributed by atoms with Gasteiger partial charge < -0.3 is 14.6 Å². The Hall–Kier alpha value is -1.92. The Morgan fingerprint density at radius 1 is 1.24 bits per heavy atom. The van der Waals surface area contributed by atoms with E-state index in [1.807, 2.05) is 0 Å². The predicted octanol–water partition coefficient (Wildman–Crippen LogP) is 2.17. The molecule has 1 aromatic carbocycles. The van der Waals surface area contributed by atoms with Crippen molar-refractivity contribution >= 4 is 5.97 Å². The third kappa shape index (κ3) is 2.00. The first-order chi connectivity index (χ1) is 7.91. The molecule has 1 aliphatic rings. The maximum atomic E-state index is 12.8. The van der Waals surface area contributed by atoms with Crippen LogP contribution in [-0.4, -0.2) is 24.3 Å². The second kappa shape index (κ2) is 3.83. The van der Waals surface area contributed by atoms with Crippen LogP contribution >= 0.6 is 0 Å². The van der Waals surface area contributed by atoms with Crippen LogP contribution in [0.3, 0.4) is 0 Å². The number of carboxylic acids is 1. The first-order valence-electron chi connectivity index (χ1n) is 4.64. The number of rotatable bonds is 1. The molecule has 0 aromatic heterocycles. The van der Waals surface area contributed by atoms with E-state index in [2.05, 4.69) is 0 Å². The van der Waals surface area contributed by atoms with Crippen molar-refractivity contribution in [2.24, 2.45) is 0 Å². The molecule has 0 saturated carbocycles. The van der Waals surface area contributed by atoms with Crippen molar-refractivity contribution in [2.45, 2.75) is 6.18 Å². The molecule has 0 radical (unpaired) electrons. The first kappa shape index (κ1) is 11.6. The highest BCUT2D eigenvalue weighted by molar-refractivity contribution is 5.91. The molecule has 2 rings (SSSR count). The van der Waals surface area contributed by atoms with E-state index in [1.165, 1.54) is 0 Å². The van der Waals surface area contributed by atoms with Gasteiger partial charge in [0.15, 0.2) is 11.5 Å². The standard InChI is InChI=1S/C10H7F3O4/c11-10(12,13)7-5(9(14)15)1-2-6-8(7)17-4-3-16-6/h1-2H,3-4H2,(H,14,15). The SMILES string of the molecule is O=C(O)c1ccc2c(c1C(F)(F)F)OCCO2. The molecule has 92 valence electrons. The van der Waals surface area contributed by atoms with Gasteiger partial charge in [0.1, 0.15) is 18.8 Å². The van der Waals surface area contributed by atoms with E-state index in [0.29, 0.717) is 0 Å². The molecule has 4 nitrogen and oxygen atoms in total. The van der Waals surface area contributed by atoms with Gasteiger partial charge in [0.25, 0.3) is 0 Å². The summed E-state index contributed by atoms with van der Waals surface area (Å²) in [6.07, 6.45) is -4.81. The highest BCUT2D eigenvalue weighted by Crippen LogP contribution is 2.44. The number of hydrogen-bond acceptors (Lipinski definition) is 3. The summed E-state index contributed by atoms with van der Waals surface area (Å²) in [5, 5.41) is 8.73.